The van der Waals surface area contributed by atoms with E-state index in [0.717, 1.165) is 67.7 Å². The third-order valence-corrected chi connectivity index (χ3v) is 7.85. The van der Waals surface area contributed by atoms with Crippen molar-refractivity contribution < 1.29 is 4.79 Å². The Hall–Kier alpha value is -3.13. The molecule has 198 valence electrons. The summed E-state index contributed by atoms with van der Waals surface area (Å²) in [5.74, 6) is 1.75. The summed E-state index contributed by atoms with van der Waals surface area (Å²) in [5, 5.41) is 7.49. The van der Waals surface area contributed by atoms with Gasteiger partial charge in [0, 0.05) is 62.6 Å². The highest BCUT2D eigenvalue weighted by Crippen LogP contribution is 2.26. The number of carbonyl (C=O) groups excluding carboxylic acids is 1. The Kier molecular flexibility index (Phi) is 8.24. The van der Waals surface area contributed by atoms with Gasteiger partial charge in [-0.05, 0) is 81.4 Å². The first-order valence-electron chi connectivity index (χ1n) is 14.1. The molecule has 2 saturated heterocycles. The Labute approximate surface area is 220 Å². The van der Waals surface area contributed by atoms with Crippen LogP contribution < -0.4 is 10.6 Å². The van der Waals surface area contributed by atoms with Crippen molar-refractivity contribution in [2.24, 2.45) is 0 Å². The Morgan fingerprint density at radius 1 is 1.05 bits per heavy atom. The first kappa shape index (κ1) is 25.5. The number of amides is 1. The van der Waals surface area contributed by atoms with Crippen LogP contribution in [-0.2, 0) is 11.2 Å². The molecular formula is C29H41N7O. The SMILES string of the molecule is CCCNc1nc(NC)nc2cc(-n3ccc(CCC(=O)N4CCC(N5CCCCC5)CC4)c3)ccc12. The summed E-state index contributed by atoms with van der Waals surface area (Å²) in [6, 6.07) is 9.07. The van der Waals surface area contributed by atoms with Crippen molar-refractivity contribution in [3.05, 3.63) is 42.2 Å². The Bertz CT molecular complexity index is 1190. The van der Waals surface area contributed by atoms with Crippen molar-refractivity contribution in [2.45, 2.75) is 64.3 Å². The molecule has 0 spiro atoms. The quantitative estimate of drug-likeness (QED) is 0.441. The van der Waals surface area contributed by atoms with Gasteiger partial charge in [0.25, 0.3) is 0 Å². The summed E-state index contributed by atoms with van der Waals surface area (Å²) in [7, 11) is 1.84. The molecule has 8 heteroatoms. The maximum atomic E-state index is 12.9. The average Bonchev–Trinajstić information content (AvgIpc) is 3.44. The van der Waals surface area contributed by atoms with E-state index in [4.69, 9.17) is 0 Å². The van der Waals surface area contributed by atoms with Gasteiger partial charge in [-0.2, -0.15) is 4.98 Å². The van der Waals surface area contributed by atoms with E-state index in [1.54, 1.807) is 0 Å². The van der Waals surface area contributed by atoms with Gasteiger partial charge in [0.05, 0.1) is 5.52 Å². The van der Waals surface area contributed by atoms with Crippen LogP contribution in [0.3, 0.4) is 0 Å². The Balaban J connectivity index is 1.19. The van der Waals surface area contributed by atoms with Crippen molar-refractivity contribution in [1.82, 2.24) is 24.3 Å². The number of aromatic nitrogens is 3. The second-order valence-electron chi connectivity index (χ2n) is 10.4. The van der Waals surface area contributed by atoms with Crippen LogP contribution in [0.15, 0.2) is 36.7 Å². The molecule has 1 amide bonds. The molecule has 8 nitrogen and oxygen atoms in total. The summed E-state index contributed by atoms with van der Waals surface area (Å²) in [4.78, 5) is 26.9. The van der Waals surface area contributed by atoms with Crippen LogP contribution in [0, 0.1) is 0 Å². The summed E-state index contributed by atoms with van der Waals surface area (Å²) in [6.07, 6.45) is 12.9. The minimum atomic E-state index is 0.291. The number of hydrogen-bond acceptors (Lipinski definition) is 6. The number of carbonyl (C=O) groups is 1. The molecule has 0 radical (unpaired) electrons. The largest absolute Gasteiger partial charge is 0.369 e. The molecule has 2 aromatic heterocycles. The molecule has 1 aromatic carbocycles. The van der Waals surface area contributed by atoms with Gasteiger partial charge in [0.15, 0.2) is 0 Å². The van der Waals surface area contributed by atoms with Crippen molar-refractivity contribution >= 4 is 28.6 Å². The average molecular weight is 504 g/mol. The Morgan fingerprint density at radius 2 is 1.86 bits per heavy atom. The third-order valence-electron chi connectivity index (χ3n) is 7.85. The zero-order valence-electron chi connectivity index (χ0n) is 22.4. The lowest BCUT2D eigenvalue weighted by Gasteiger charge is -2.40. The molecule has 2 aliphatic heterocycles. The van der Waals surface area contributed by atoms with E-state index in [9.17, 15) is 4.79 Å². The van der Waals surface area contributed by atoms with Crippen LogP contribution in [0.5, 0.6) is 0 Å². The third kappa shape index (κ3) is 6.06. The van der Waals surface area contributed by atoms with Gasteiger partial charge in [-0.15, -0.1) is 0 Å². The molecular weight excluding hydrogens is 462 g/mol. The van der Waals surface area contributed by atoms with E-state index >= 15 is 0 Å². The topological polar surface area (TPSA) is 78.3 Å². The van der Waals surface area contributed by atoms with Gasteiger partial charge in [-0.3, -0.25) is 4.79 Å². The number of likely N-dealkylation sites (tertiary alicyclic amines) is 2. The minimum Gasteiger partial charge on any atom is -0.369 e. The van der Waals surface area contributed by atoms with Gasteiger partial charge in [-0.1, -0.05) is 13.3 Å². The number of nitrogens with zero attached hydrogens (tertiary/aromatic N) is 5. The molecule has 4 heterocycles. The highest BCUT2D eigenvalue weighted by molar-refractivity contribution is 5.91. The van der Waals surface area contributed by atoms with Crippen molar-refractivity contribution in [3.63, 3.8) is 0 Å². The number of aryl methyl sites for hydroxylation is 1. The molecule has 5 rings (SSSR count). The second-order valence-corrected chi connectivity index (χ2v) is 10.4. The molecule has 2 aliphatic rings. The summed E-state index contributed by atoms with van der Waals surface area (Å²) >= 11 is 0. The van der Waals surface area contributed by atoms with Crippen molar-refractivity contribution in [3.8, 4) is 5.69 Å². The molecule has 0 atom stereocenters. The number of fused-ring (bicyclic) bond motifs is 1. The molecule has 3 aromatic rings. The number of nitrogens with one attached hydrogen (secondary N) is 2. The molecule has 2 N–H and O–H groups in total. The molecule has 0 unspecified atom stereocenters. The second kappa shape index (κ2) is 11.9. The molecule has 0 bridgehead atoms. The molecule has 37 heavy (non-hydrogen) atoms. The van der Waals surface area contributed by atoms with Gasteiger partial charge < -0.3 is 25.0 Å². The van der Waals surface area contributed by atoms with E-state index in [1.165, 1.54) is 37.9 Å². The number of benzene rings is 1. The Morgan fingerprint density at radius 3 is 2.62 bits per heavy atom. The van der Waals surface area contributed by atoms with E-state index in [-0.39, 0.29) is 0 Å². The van der Waals surface area contributed by atoms with Crippen LogP contribution in [-0.4, -0.2) is 76.1 Å². The maximum Gasteiger partial charge on any atom is 0.224 e. The zero-order chi connectivity index (χ0) is 25.6. The summed E-state index contributed by atoms with van der Waals surface area (Å²) in [5.41, 5.74) is 3.13. The predicted octanol–water partition coefficient (Wildman–Crippen LogP) is 4.69. The molecule has 2 fully saturated rings. The van der Waals surface area contributed by atoms with Crippen LogP contribution in [0.4, 0.5) is 11.8 Å². The van der Waals surface area contributed by atoms with E-state index in [2.05, 4.69) is 78.6 Å². The minimum absolute atomic E-state index is 0.291. The van der Waals surface area contributed by atoms with Crippen LogP contribution in [0.2, 0.25) is 0 Å². The molecule has 0 aliphatic carbocycles. The van der Waals surface area contributed by atoms with Crippen LogP contribution in [0.25, 0.3) is 16.6 Å². The lowest BCUT2D eigenvalue weighted by molar-refractivity contribution is -0.132. The first-order valence-corrected chi connectivity index (χ1v) is 14.1. The lowest BCUT2D eigenvalue weighted by Crippen LogP contribution is -2.48. The van der Waals surface area contributed by atoms with Gasteiger partial charge in [0.2, 0.25) is 11.9 Å². The predicted molar refractivity (Wildman–Crippen MR) is 151 cm³/mol. The summed E-state index contributed by atoms with van der Waals surface area (Å²) < 4.78 is 2.11. The molecule has 0 saturated carbocycles. The zero-order valence-corrected chi connectivity index (χ0v) is 22.4. The fraction of sp³-hybridized carbons (Fsp3) is 0.552. The van der Waals surface area contributed by atoms with E-state index in [1.807, 2.05) is 7.05 Å². The van der Waals surface area contributed by atoms with Crippen molar-refractivity contribution in [1.29, 1.82) is 0 Å². The smallest absolute Gasteiger partial charge is 0.224 e. The number of rotatable bonds is 9. The monoisotopic (exact) mass is 503 g/mol. The number of piperidine rings is 2. The van der Waals surface area contributed by atoms with Gasteiger partial charge >= 0.3 is 0 Å². The van der Waals surface area contributed by atoms with Gasteiger partial charge in [0.1, 0.15) is 5.82 Å². The fourth-order valence-corrected chi connectivity index (χ4v) is 5.69. The summed E-state index contributed by atoms with van der Waals surface area (Å²) in [6.45, 7) is 7.31. The highest BCUT2D eigenvalue weighted by atomic mass is 16.2. The number of anilines is 2. The fourth-order valence-electron chi connectivity index (χ4n) is 5.69. The van der Waals surface area contributed by atoms with Crippen LogP contribution >= 0.6 is 0 Å². The first-order chi connectivity index (χ1) is 18.1. The van der Waals surface area contributed by atoms with E-state index in [0.29, 0.717) is 24.3 Å². The van der Waals surface area contributed by atoms with Crippen molar-refractivity contribution in [2.75, 3.05) is 50.4 Å². The lowest BCUT2D eigenvalue weighted by atomic mass is 9.99. The highest BCUT2D eigenvalue weighted by Gasteiger charge is 2.27. The standard InChI is InChI=1S/C29H41N7O/c1-3-14-31-28-25-9-8-24(20-26(25)32-29(30-2)33-28)36-17-11-22(21-36)7-10-27(37)35-18-12-23(13-19-35)34-15-5-4-6-16-34/h8-9,11,17,20-21,23H,3-7,10,12-16,18-19H2,1-2H3,(H2,30,31,32,33). The van der Waals surface area contributed by atoms with Crippen LogP contribution in [0.1, 0.15) is 57.4 Å². The van der Waals surface area contributed by atoms with Gasteiger partial charge in [-0.25, -0.2) is 4.98 Å². The van der Waals surface area contributed by atoms with E-state index < -0.39 is 0 Å². The normalized spacial score (nSPS) is 17.3. The number of hydrogen-bond donors (Lipinski definition) is 2. The maximum absolute atomic E-state index is 12.9.